The minimum absolute atomic E-state index is 0.168. The van der Waals surface area contributed by atoms with Crippen molar-refractivity contribution in [3.05, 3.63) is 35.8 Å². The molecule has 0 amide bonds. The molecule has 4 nitrogen and oxygen atoms in total. The first-order valence-corrected chi connectivity index (χ1v) is 8.52. The Hall–Kier alpha value is -1.55. The highest BCUT2D eigenvalue weighted by molar-refractivity contribution is 6.08. The molecule has 1 unspecified atom stereocenters. The number of aliphatic hydroxyl groups excluding tert-OH is 1. The highest BCUT2D eigenvalue weighted by Crippen LogP contribution is 2.27. The average Bonchev–Trinajstić information content (AvgIpc) is 2.55. The maximum atomic E-state index is 12.3. The number of ketones is 1. The molecule has 0 aromatic carbocycles. The maximum absolute atomic E-state index is 12.3. The molecule has 0 saturated carbocycles. The molecule has 4 heteroatoms. The molecule has 0 spiro atoms. The van der Waals surface area contributed by atoms with E-state index in [2.05, 4.69) is 6.58 Å². The minimum Gasteiger partial charge on any atom is -0.498 e. The van der Waals surface area contributed by atoms with E-state index in [1.807, 2.05) is 6.08 Å². The average molecular weight is 322 g/mol. The molecule has 1 N–H and O–H groups in total. The molecule has 0 aliphatic heterocycles. The highest BCUT2D eigenvalue weighted by Gasteiger charge is 2.29. The maximum Gasteiger partial charge on any atom is 0.226 e. The second kappa shape index (κ2) is 11.1. The van der Waals surface area contributed by atoms with Gasteiger partial charge < -0.3 is 14.6 Å². The summed E-state index contributed by atoms with van der Waals surface area (Å²) >= 11 is 0. The van der Waals surface area contributed by atoms with Crippen LogP contribution in [0.3, 0.4) is 0 Å². The summed E-state index contributed by atoms with van der Waals surface area (Å²) in [6, 6.07) is 0. The predicted molar refractivity (Wildman–Crippen MR) is 91.9 cm³/mol. The smallest absolute Gasteiger partial charge is 0.226 e. The lowest BCUT2D eigenvalue weighted by atomic mass is 9.94. The van der Waals surface area contributed by atoms with E-state index in [1.165, 1.54) is 52.4 Å². The lowest BCUT2D eigenvalue weighted by Crippen LogP contribution is -2.24. The summed E-state index contributed by atoms with van der Waals surface area (Å²) in [5, 5.41) is 10.0. The van der Waals surface area contributed by atoms with Crippen LogP contribution in [0.5, 0.6) is 0 Å². The van der Waals surface area contributed by atoms with E-state index in [9.17, 15) is 9.90 Å². The van der Waals surface area contributed by atoms with E-state index in [4.69, 9.17) is 9.47 Å². The quantitative estimate of drug-likeness (QED) is 0.435. The molecule has 0 aromatic rings. The number of hydrogen-bond donors (Lipinski definition) is 1. The van der Waals surface area contributed by atoms with Gasteiger partial charge in [0, 0.05) is 5.57 Å². The predicted octanol–water partition coefficient (Wildman–Crippen LogP) is 4.06. The van der Waals surface area contributed by atoms with E-state index >= 15 is 0 Å². The molecule has 0 radical (unpaired) electrons. The molecule has 1 aliphatic carbocycles. The van der Waals surface area contributed by atoms with Crippen molar-refractivity contribution in [1.82, 2.24) is 0 Å². The minimum atomic E-state index is -0.896. The van der Waals surface area contributed by atoms with Gasteiger partial charge in [0.15, 0.2) is 5.76 Å². The third-order valence-electron chi connectivity index (χ3n) is 4.15. The van der Waals surface area contributed by atoms with Crippen LogP contribution in [0.1, 0.15) is 57.8 Å². The number of carbonyl (C=O) groups is 1. The number of hydrogen-bond acceptors (Lipinski definition) is 4. The third-order valence-corrected chi connectivity index (χ3v) is 4.15. The lowest BCUT2D eigenvalue weighted by Gasteiger charge is -2.22. The van der Waals surface area contributed by atoms with Crippen molar-refractivity contribution in [3.63, 3.8) is 0 Å². The molecule has 23 heavy (non-hydrogen) atoms. The van der Waals surface area contributed by atoms with Crippen LogP contribution < -0.4 is 0 Å². The topological polar surface area (TPSA) is 55.8 Å². The first kappa shape index (κ1) is 19.5. The normalized spacial score (nSPS) is 18.0. The molecule has 0 bridgehead atoms. The van der Waals surface area contributed by atoms with Crippen LogP contribution in [0, 0.1) is 0 Å². The molecule has 0 aromatic heterocycles. The molecular formula is C19H30O4. The first-order valence-electron chi connectivity index (χ1n) is 8.52. The number of Topliss-reactive ketones (excluding diaryl/α,β-unsaturated/α-hetero) is 1. The zero-order valence-electron chi connectivity index (χ0n) is 14.5. The van der Waals surface area contributed by atoms with Crippen LogP contribution in [0.25, 0.3) is 0 Å². The van der Waals surface area contributed by atoms with Crippen LogP contribution in [-0.4, -0.2) is 31.2 Å². The van der Waals surface area contributed by atoms with Crippen molar-refractivity contribution in [1.29, 1.82) is 0 Å². The van der Waals surface area contributed by atoms with Gasteiger partial charge in [-0.05, 0) is 31.8 Å². The summed E-state index contributed by atoms with van der Waals surface area (Å²) in [4.78, 5) is 12.3. The second-order valence-electron chi connectivity index (χ2n) is 5.86. The summed E-state index contributed by atoms with van der Waals surface area (Å²) in [6.45, 7) is 3.73. The number of ether oxygens (including phenoxy) is 2. The Labute approximate surface area is 139 Å². The summed E-state index contributed by atoms with van der Waals surface area (Å²) in [5.41, 5.74) is 0.547. The van der Waals surface area contributed by atoms with Gasteiger partial charge in [0.05, 0.1) is 14.2 Å². The van der Waals surface area contributed by atoms with Crippen molar-refractivity contribution in [2.24, 2.45) is 0 Å². The van der Waals surface area contributed by atoms with E-state index in [0.717, 1.165) is 19.3 Å². The first-order chi connectivity index (χ1) is 11.2. The summed E-state index contributed by atoms with van der Waals surface area (Å²) in [7, 11) is 2.93. The fourth-order valence-electron chi connectivity index (χ4n) is 2.85. The van der Waals surface area contributed by atoms with Crippen LogP contribution >= 0.6 is 0 Å². The Kier molecular flexibility index (Phi) is 9.37. The van der Waals surface area contributed by atoms with Crippen molar-refractivity contribution in [2.75, 3.05) is 14.2 Å². The van der Waals surface area contributed by atoms with Gasteiger partial charge in [-0.15, -0.1) is 6.58 Å². The molecule has 0 heterocycles. The molecule has 1 rings (SSSR count). The van der Waals surface area contributed by atoms with Crippen molar-refractivity contribution < 1.29 is 19.4 Å². The highest BCUT2D eigenvalue weighted by atomic mass is 16.5. The van der Waals surface area contributed by atoms with Gasteiger partial charge in [-0.25, -0.2) is 0 Å². The number of unbranched alkanes of at least 4 members (excludes halogenated alkanes) is 7. The number of methoxy groups -OCH3 is 2. The summed E-state index contributed by atoms with van der Waals surface area (Å²) in [5.74, 6) is 0.398. The zero-order valence-corrected chi connectivity index (χ0v) is 14.5. The Bertz CT molecular complexity index is 448. The fraction of sp³-hybridized carbons (Fsp3) is 0.632. The Morgan fingerprint density at radius 2 is 1.70 bits per heavy atom. The second-order valence-corrected chi connectivity index (χ2v) is 5.86. The number of rotatable bonds is 12. The SMILES string of the molecule is C=CCCCCCCCCCC1=C(OC)C(O)C=C(OC)C1=O. The van der Waals surface area contributed by atoms with Crippen LogP contribution in [0.4, 0.5) is 0 Å². The van der Waals surface area contributed by atoms with E-state index in [-0.39, 0.29) is 11.5 Å². The fourth-order valence-corrected chi connectivity index (χ4v) is 2.85. The van der Waals surface area contributed by atoms with Crippen LogP contribution in [0.2, 0.25) is 0 Å². The molecule has 0 saturated heterocycles. The standard InChI is InChI=1S/C19H30O4/c1-4-5-6-7-8-9-10-11-12-13-15-18(21)17(22-2)14-16(20)19(15)23-3/h4,14,16,20H,1,5-13H2,2-3H3. The van der Waals surface area contributed by atoms with Crippen LogP contribution in [0.15, 0.2) is 35.8 Å². The van der Waals surface area contributed by atoms with Gasteiger partial charge in [-0.2, -0.15) is 0 Å². The van der Waals surface area contributed by atoms with Gasteiger partial charge in [-0.3, -0.25) is 4.79 Å². The molecule has 1 aliphatic rings. The van der Waals surface area contributed by atoms with Gasteiger partial charge in [0.1, 0.15) is 11.9 Å². The van der Waals surface area contributed by atoms with Gasteiger partial charge in [-0.1, -0.05) is 38.2 Å². The Morgan fingerprint density at radius 1 is 1.09 bits per heavy atom. The molecule has 1 atom stereocenters. The zero-order chi connectivity index (χ0) is 17.1. The number of allylic oxidation sites excluding steroid dienone is 2. The number of carbonyl (C=O) groups excluding carboxylic acids is 1. The van der Waals surface area contributed by atoms with Crippen LogP contribution in [-0.2, 0) is 14.3 Å². The molecule has 130 valence electrons. The van der Waals surface area contributed by atoms with E-state index in [1.54, 1.807) is 0 Å². The Morgan fingerprint density at radius 3 is 2.26 bits per heavy atom. The van der Waals surface area contributed by atoms with Gasteiger partial charge in [0.25, 0.3) is 0 Å². The number of aliphatic hydroxyl groups is 1. The Balaban J connectivity index is 2.34. The van der Waals surface area contributed by atoms with Crippen molar-refractivity contribution >= 4 is 5.78 Å². The summed E-state index contributed by atoms with van der Waals surface area (Å²) in [6.07, 6.45) is 12.4. The third kappa shape index (κ3) is 6.22. The van der Waals surface area contributed by atoms with E-state index < -0.39 is 6.10 Å². The van der Waals surface area contributed by atoms with Crippen molar-refractivity contribution in [3.8, 4) is 0 Å². The van der Waals surface area contributed by atoms with E-state index in [0.29, 0.717) is 17.8 Å². The van der Waals surface area contributed by atoms with Crippen molar-refractivity contribution in [2.45, 2.75) is 63.9 Å². The van der Waals surface area contributed by atoms with Gasteiger partial charge >= 0.3 is 0 Å². The largest absolute Gasteiger partial charge is 0.498 e. The monoisotopic (exact) mass is 322 g/mol. The van der Waals surface area contributed by atoms with Gasteiger partial charge in [0.2, 0.25) is 5.78 Å². The lowest BCUT2D eigenvalue weighted by molar-refractivity contribution is -0.116. The molecular weight excluding hydrogens is 292 g/mol. The molecule has 0 fully saturated rings. The summed E-state index contributed by atoms with van der Waals surface area (Å²) < 4.78 is 10.3.